The molecule has 0 saturated heterocycles. The second-order valence-electron chi connectivity index (χ2n) is 4.61. The molecule has 0 unspecified atom stereocenters. The molecule has 2 rings (SSSR count). The smallest absolute Gasteiger partial charge is 0.295 e. The normalized spacial score (nSPS) is 11.8. The molecule has 0 aliphatic rings. The number of aliphatic hydroxyl groups is 2. The fraction of sp³-hybridized carbons (Fsp3) is 0.214. The maximum Gasteiger partial charge on any atom is 0.295 e. The predicted molar refractivity (Wildman–Crippen MR) is 90.9 cm³/mol. The Morgan fingerprint density at radius 2 is 2.21 bits per heavy atom. The first kappa shape index (κ1) is 18.4. The average Bonchev–Trinajstić information content (AvgIpc) is 2.57. The highest BCUT2D eigenvalue weighted by atomic mass is 127. The molecule has 0 fully saturated rings. The summed E-state index contributed by atoms with van der Waals surface area (Å²) in [6.45, 7) is -0.788. The number of benzene rings is 1. The molecule has 0 radical (unpaired) electrons. The number of hydroxylamine groups is 1. The number of hydrogen-bond acceptors (Lipinski definition) is 7. The topological polar surface area (TPSA) is 117 Å². The number of aliphatic hydroxyl groups excluding tert-OH is 2. The second-order valence-corrected chi connectivity index (χ2v) is 5.86. The summed E-state index contributed by atoms with van der Waals surface area (Å²) in [5.41, 5.74) is 2.36. The molecule has 1 heterocycles. The van der Waals surface area contributed by atoms with Crippen molar-refractivity contribution in [2.75, 3.05) is 18.5 Å². The van der Waals surface area contributed by atoms with Crippen molar-refractivity contribution in [3.63, 3.8) is 0 Å². The number of hydrogen-bond donors (Lipinski definition) is 4. The lowest BCUT2D eigenvalue weighted by molar-refractivity contribution is -0.0296. The molecule has 1 amide bonds. The van der Waals surface area contributed by atoms with Crippen LogP contribution in [0.4, 0.5) is 15.8 Å². The first-order valence-corrected chi connectivity index (χ1v) is 7.82. The fourth-order valence-electron chi connectivity index (χ4n) is 1.64. The Bertz CT molecular complexity index is 719. The van der Waals surface area contributed by atoms with Crippen LogP contribution in [0.3, 0.4) is 0 Å². The maximum atomic E-state index is 13.9. The van der Waals surface area contributed by atoms with Gasteiger partial charge in [-0.3, -0.25) is 9.63 Å². The van der Waals surface area contributed by atoms with E-state index in [9.17, 15) is 9.18 Å². The van der Waals surface area contributed by atoms with Crippen molar-refractivity contribution in [3.05, 3.63) is 45.8 Å². The molecule has 0 aliphatic heterocycles. The Morgan fingerprint density at radius 1 is 1.42 bits per heavy atom. The van der Waals surface area contributed by atoms with Crippen LogP contribution in [0.15, 0.2) is 30.7 Å². The lowest BCUT2D eigenvalue weighted by atomic mass is 10.2. The minimum atomic E-state index is -1.12. The van der Waals surface area contributed by atoms with E-state index in [1.54, 1.807) is 6.07 Å². The maximum absolute atomic E-state index is 13.9. The minimum Gasteiger partial charge on any atom is -0.394 e. The van der Waals surface area contributed by atoms with Crippen molar-refractivity contribution < 1.29 is 24.2 Å². The van der Waals surface area contributed by atoms with Crippen LogP contribution in [-0.4, -0.2) is 45.4 Å². The van der Waals surface area contributed by atoms with E-state index in [4.69, 9.17) is 15.1 Å². The number of nitrogens with one attached hydrogen (secondary N) is 2. The number of carbonyl (C=O) groups excluding carboxylic acids is 1. The third kappa shape index (κ3) is 5.06. The SMILES string of the molecule is O=C(NOC[C@H](O)CO)c1ncncc1Nc1ccc(I)cc1F. The number of amides is 1. The molecule has 1 aromatic carbocycles. The van der Waals surface area contributed by atoms with Gasteiger partial charge in [-0.2, -0.15) is 0 Å². The molecule has 10 heteroatoms. The molecule has 128 valence electrons. The van der Waals surface area contributed by atoms with Gasteiger partial charge in [0.1, 0.15) is 24.9 Å². The Morgan fingerprint density at radius 3 is 2.92 bits per heavy atom. The van der Waals surface area contributed by atoms with Crippen LogP contribution in [0.5, 0.6) is 0 Å². The third-order valence-electron chi connectivity index (χ3n) is 2.78. The Hall–Kier alpha value is -1.89. The van der Waals surface area contributed by atoms with Crippen molar-refractivity contribution in [3.8, 4) is 0 Å². The molecule has 1 atom stereocenters. The number of aromatic nitrogens is 2. The molecule has 4 N–H and O–H groups in total. The van der Waals surface area contributed by atoms with E-state index in [1.807, 2.05) is 22.6 Å². The second kappa shape index (κ2) is 8.82. The average molecular weight is 448 g/mol. The Labute approximate surface area is 150 Å². The Balaban J connectivity index is 2.10. The molecule has 8 nitrogen and oxygen atoms in total. The summed E-state index contributed by atoms with van der Waals surface area (Å²) in [5, 5.41) is 20.5. The molecule has 2 aromatic rings. The molecule has 0 aliphatic carbocycles. The van der Waals surface area contributed by atoms with Crippen LogP contribution >= 0.6 is 22.6 Å². The highest BCUT2D eigenvalue weighted by molar-refractivity contribution is 14.1. The van der Waals surface area contributed by atoms with Crippen LogP contribution in [0.1, 0.15) is 10.5 Å². The molecule has 0 spiro atoms. The molecular formula is C14H14FIN4O4. The van der Waals surface area contributed by atoms with E-state index in [-0.39, 0.29) is 23.7 Å². The predicted octanol–water partition coefficient (Wildman–Crippen LogP) is 0.978. The fourth-order valence-corrected chi connectivity index (χ4v) is 2.10. The number of carbonyl (C=O) groups is 1. The van der Waals surface area contributed by atoms with Crippen molar-refractivity contribution in [2.24, 2.45) is 0 Å². The van der Waals surface area contributed by atoms with E-state index in [0.717, 1.165) is 9.90 Å². The zero-order valence-electron chi connectivity index (χ0n) is 12.2. The summed E-state index contributed by atoms with van der Waals surface area (Å²) in [5.74, 6) is -1.20. The van der Waals surface area contributed by atoms with Crippen LogP contribution in [0, 0.1) is 9.39 Å². The van der Waals surface area contributed by atoms with Gasteiger partial charge in [-0.1, -0.05) is 0 Å². The summed E-state index contributed by atoms with van der Waals surface area (Å²) >= 11 is 1.98. The van der Waals surface area contributed by atoms with Crippen LogP contribution in [0.25, 0.3) is 0 Å². The summed E-state index contributed by atoms with van der Waals surface area (Å²) < 4.78 is 14.6. The van der Waals surface area contributed by atoms with E-state index < -0.39 is 24.4 Å². The van der Waals surface area contributed by atoms with E-state index in [0.29, 0.717) is 0 Å². The summed E-state index contributed by atoms with van der Waals surface area (Å²) in [4.78, 5) is 24.5. The molecule has 24 heavy (non-hydrogen) atoms. The van der Waals surface area contributed by atoms with Crippen LogP contribution < -0.4 is 10.8 Å². The van der Waals surface area contributed by atoms with Gasteiger partial charge in [-0.25, -0.2) is 19.8 Å². The number of halogens is 2. The van der Waals surface area contributed by atoms with Gasteiger partial charge in [0.15, 0.2) is 5.69 Å². The zero-order chi connectivity index (χ0) is 17.5. The molecule has 0 saturated carbocycles. The van der Waals surface area contributed by atoms with Gasteiger partial charge in [0, 0.05) is 3.57 Å². The van der Waals surface area contributed by atoms with Gasteiger partial charge < -0.3 is 15.5 Å². The Kier molecular flexibility index (Phi) is 6.78. The van der Waals surface area contributed by atoms with Gasteiger partial charge >= 0.3 is 0 Å². The van der Waals surface area contributed by atoms with Gasteiger partial charge in [-0.15, -0.1) is 0 Å². The van der Waals surface area contributed by atoms with Crippen molar-refractivity contribution in [1.82, 2.24) is 15.4 Å². The van der Waals surface area contributed by atoms with Crippen molar-refractivity contribution >= 4 is 39.9 Å². The first-order chi connectivity index (χ1) is 11.5. The van der Waals surface area contributed by atoms with E-state index in [1.165, 1.54) is 18.3 Å². The van der Waals surface area contributed by atoms with Gasteiger partial charge in [-0.05, 0) is 40.8 Å². The van der Waals surface area contributed by atoms with E-state index in [2.05, 4.69) is 20.8 Å². The van der Waals surface area contributed by atoms with Crippen LogP contribution in [0.2, 0.25) is 0 Å². The number of rotatable bonds is 7. The first-order valence-electron chi connectivity index (χ1n) is 6.74. The monoisotopic (exact) mass is 448 g/mol. The lowest BCUT2D eigenvalue weighted by Crippen LogP contribution is -2.30. The van der Waals surface area contributed by atoms with Gasteiger partial charge in [0.2, 0.25) is 0 Å². The highest BCUT2D eigenvalue weighted by Crippen LogP contribution is 2.22. The van der Waals surface area contributed by atoms with Crippen molar-refractivity contribution in [2.45, 2.75) is 6.10 Å². The summed E-state index contributed by atoms with van der Waals surface area (Å²) in [7, 11) is 0. The quantitative estimate of drug-likeness (QED) is 0.369. The standard InChI is InChI=1S/C14H14FIN4O4/c15-10-3-8(16)1-2-11(10)19-12-4-17-7-18-13(12)14(23)20-24-6-9(22)5-21/h1-4,7,9,19,21-22H,5-6H2,(H,20,23)/t9-/m1/s1. The van der Waals surface area contributed by atoms with Gasteiger partial charge in [0.25, 0.3) is 5.91 Å². The third-order valence-corrected chi connectivity index (χ3v) is 3.45. The molecular weight excluding hydrogens is 434 g/mol. The molecule has 0 bridgehead atoms. The zero-order valence-corrected chi connectivity index (χ0v) is 14.4. The lowest BCUT2D eigenvalue weighted by Gasteiger charge is -2.12. The highest BCUT2D eigenvalue weighted by Gasteiger charge is 2.15. The van der Waals surface area contributed by atoms with E-state index >= 15 is 0 Å². The number of anilines is 2. The molecule has 1 aromatic heterocycles. The summed E-state index contributed by atoms with van der Waals surface area (Å²) in [6.07, 6.45) is 1.36. The largest absolute Gasteiger partial charge is 0.394 e. The van der Waals surface area contributed by atoms with Crippen LogP contribution in [-0.2, 0) is 4.84 Å². The minimum absolute atomic E-state index is 0.0681. The van der Waals surface area contributed by atoms with Crippen molar-refractivity contribution in [1.29, 1.82) is 0 Å². The summed E-state index contributed by atoms with van der Waals surface area (Å²) in [6, 6.07) is 4.57. The van der Waals surface area contributed by atoms with Gasteiger partial charge in [0.05, 0.1) is 24.2 Å². The number of nitrogens with zero attached hydrogens (tertiary/aromatic N) is 2.